The number of anilines is 1. The summed E-state index contributed by atoms with van der Waals surface area (Å²) in [5.41, 5.74) is 2.41. The van der Waals surface area contributed by atoms with Crippen LogP contribution in [0.4, 0.5) is 5.69 Å². The minimum atomic E-state index is -0.950. The van der Waals surface area contributed by atoms with E-state index < -0.39 is 18.0 Å². The quantitative estimate of drug-likeness (QED) is 0.857. The number of amides is 1. The number of rotatable bonds is 5. The third-order valence-electron chi connectivity index (χ3n) is 3.51. The van der Waals surface area contributed by atoms with Crippen molar-refractivity contribution in [2.45, 2.75) is 26.4 Å². The Balaban J connectivity index is 1.97. The highest BCUT2D eigenvalue weighted by atomic mass is 16.5. The van der Waals surface area contributed by atoms with Crippen LogP contribution < -0.4 is 5.32 Å². The standard InChI is InChI=1S/C19H18N2O3/c1-3-14-7-9-17(10-8-14)21-18(22)13(2)24-19(23)16-6-4-5-15(11-16)12-20/h4-11,13H,3H2,1-2H3,(H,21,22)/t13-/m0/s1. The Labute approximate surface area is 140 Å². The number of nitriles is 1. The monoisotopic (exact) mass is 322 g/mol. The fraction of sp³-hybridized carbons (Fsp3) is 0.211. The number of ether oxygens (including phenoxy) is 1. The van der Waals surface area contributed by atoms with Crippen molar-refractivity contribution >= 4 is 17.6 Å². The predicted molar refractivity (Wildman–Crippen MR) is 90.5 cm³/mol. The van der Waals surface area contributed by atoms with E-state index in [9.17, 15) is 9.59 Å². The minimum Gasteiger partial charge on any atom is -0.449 e. The van der Waals surface area contributed by atoms with Gasteiger partial charge in [-0.1, -0.05) is 25.1 Å². The van der Waals surface area contributed by atoms with Crippen LogP contribution in [0.3, 0.4) is 0 Å². The molecule has 122 valence electrons. The number of esters is 1. The molecular formula is C19H18N2O3. The molecule has 0 aromatic heterocycles. The molecule has 0 aliphatic heterocycles. The number of carbonyl (C=O) groups excluding carboxylic acids is 2. The van der Waals surface area contributed by atoms with E-state index in [1.807, 2.05) is 30.3 Å². The molecule has 1 amide bonds. The number of carbonyl (C=O) groups is 2. The largest absolute Gasteiger partial charge is 0.449 e. The summed E-state index contributed by atoms with van der Waals surface area (Å²) in [6, 6.07) is 15.6. The van der Waals surface area contributed by atoms with E-state index >= 15 is 0 Å². The van der Waals surface area contributed by atoms with Crippen LogP contribution >= 0.6 is 0 Å². The normalized spacial score (nSPS) is 11.2. The minimum absolute atomic E-state index is 0.237. The van der Waals surface area contributed by atoms with E-state index in [2.05, 4.69) is 12.2 Å². The average molecular weight is 322 g/mol. The van der Waals surface area contributed by atoms with Gasteiger partial charge in [0.25, 0.3) is 5.91 Å². The first-order valence-corrected chi connectivity index (χ1v) is 7.64. The zero-order chi connectivity index (χ0) is 17.5. The zero-order valence-corrected chi connectivity index (χ0v) is 13.6. The smallest absolute Gasteiger partial charge is 0.338 e. The Kier molecular flexibility index (Phi) is 5.69. The maximum atomic E-state index is 12.1. The summed E-state index contributed by atoms with van der Waals surface area (Å²) in [7, 11) is 0. The lowest BCUT2D eigenvalue weighted by atomic mass is 10.1. The lowest BCUT2D eigenvalue weighted by Gasteiger charge is -2.14. The molecular weight excluding hydrogens is 304 g/mol. The van der Waals surface area contributed by atoms with E-state index in [0.29, 0.717) is 11.3 Å². The van der Waals surface area contributed by atoms with Gasteiger partial charge in [-0.15, -0.1) is 0 Å². The van der Waals surface area contributed by atoms with E-state index in [-0.39, 0.29) is 5.56 Å². The lowest BCUT2D eigenvalue weighted by molar-refractivity contribution is -0.123. The highest BCUT2D eigenvalue weighted by Crippen LogP contribution is 2.12. The van der Waals surface area contributed by atoms with Crippen LogP contribution in [0.5, 0.6) is 0 Å². The number of nitrogens with zero attached hydrogens (tertiary/aromatic N) is 1. The molecule has 5 heteroatoms. The number of benzene rings is 2. The molecule has 0 bridgehead atoms. The third kappa shape index (κ3) is 4.43. The van der Waals surface area contributed by atoms with Gasteiger partial charge in [0.1, 0.15) is 0 Å². The number of nitrogens with one attached hydrogen (secondary N) is 1. The molecule has 2 aromatic carbocycles. The molecule has 24 heavy (non-hydrogen) atoms. The van der Waals surface area contributed by atoms with Gasteiger partial charge in [-0.3, -0.25) is 4.79 Å². The molecule has 0 fully saturated rings. The van der Waals surface area contributed by atoms with E-state index in [0.717, 1.165) is 6.42 Å². The van der Waals surface area contributed by atoms with Crippen LogP contribution in [-0.2, 0) is 16.0 Å². The Hall–Kier alpha value is -3.13. The van der Waals surface area contributed by atoms with Gasteiger partial charge in [-0.2, -0.15) is 5.26 Å². The highest BCUT2D eigenvalue weighted by molar-refractivity contribution is 5.97. The van der Waals surface area contributed by atoms with Crippen molar-refractivity contribution in [2.24, 2.45) is 0 Å². The number of hydrogen-bond acceptors (Lipinski definition) is 4. The molecule has 0 aliphatic carbocycles. The maximum Gasteiger partial charge on any atom is 0.338 e. The van der Waals surface area contributed by atoms with Gasteiger partial charge >= 0.3 is 5.97 Å². The van der Waals surface area contributed by atoms with Crippen molar-refractivity contribution in [3.05, 3.63) is 65.2 Å². The summed E-state index contributed by atoms with van der Waals surface area (Å²) < 4.78 is 5.15. The van der Waals surface area contributed by atoms with Crippen LogP contribution in [0.1, 0.15) is 35.3 Å². The summed E-state index contributed by atoms with van der Waals surface area (Å²) in [5.74, 6) is -1.06. The van der Waals surface area contributed by atoms with Crippen LogP contribution in [0, 0.1) is 11.3 Å². The second-order valence-corrected chi connectivity index (χ2v) is 5.28. The fourth-order valence-electron chi connectivity index (χ4n) is 2.07. The second kappa shape index (κ2) is 7.93. The first kappa shape index (κ1) is 17.2. The summed E-state index contributed by atoms with van der Waals surface area (Å²) in [5, 5.41) is 11.6. The first-order valence-electron chi connectivity index (χ1n) is 7.64. The molecule has 2 aromatic rings. The van der Waals surface area contributed by atoms with Crippen LogP contribution in [0.2, 0.25) is 0 Å². The second-order valence-electron chi connectivity index (χ2n) is 5.28. The van der Waals surface area contributed by atoms with Crippen molar-refractivity contribution in [3.63, 3.8) is 0 Å². The van der Waals surface area contributed by atoms with Gasteiger partial charge < -0.3 is 10.1 Å². The summed E-state index contributed by atoms with van der Waals surface area (Å²) in [4.78, 5) is 24.2. The predicted octanol–water partition coefficient (Wildman–Crippen LogP) is 3.30. The number of aryl methyl sites for hydroxylation is 1. The van der Waals surface area contributed by atoms with Gasteiger partial charge in [-0.05, 0) is 49.2 Å². The topological polar surface area (TPSA) is 79.2 Å². The van der Waals surface area contributed by atoms with Crippen LogP contribution in [-0.4, -0.2) is 18.0 Å². The van der Waals surface area contributed by atoms with Crippen molar-refractivity contribution in [2.75, 3.05) is 5.32 Å². The van der Waals surface area contributed by atoms with Gasteiger partial charge in [-0.25, -0.2) is 4.79 Å². The summed E-state index contributed by atoms with van der Waals surface area (Å²) >= 11 is 0. The molecule has 0 unspecified atom stereocenters. The molecule has 0 saturated carbocycles. The van der Waals surface area contributed by atoms with Crippen molar-refractivity contribution in [3.8, 4) is 6.07 Å². The van der Waals surface area contributed by atoms with Crippen molar-refractivity contribution in [1.29, 1.82) is 5.26 Å². The molecule has 0 saturated heterocycles. The van der Waals surface area contributed by atoms with Crippen molar-refractivity contribution < 1.29 is 14.3 Å². The van der Waals surface area contributed by atoms with Crippen LogP contribution in [0.25, 0.3) is 0 Å². The molecule has 2 rings (SSSR count). The van der Waals surface area contributed by atoms with E-state index in [1.165, 1.54) is 24.6 Å². The fourth-order valence-corrected chi connectivity index (χ4v) is 2.07. The molecule has 1 atom stereocenters. The van der Waals surface area contributed by atoms with Gasteiger partial charge in [0.2, 0.25) is 0 Å². The Morgan fingerprint density at radius 2 is 1.92 bits per heavy atom. The number of hydrogen-bond donors (Lipinski definition) is 1. The first-order chi connectivity index (χ1) is 11.5. The van der Waals surface area contributed by atoms with Gasteiger partial charge in [0, 0.05) is 5.69 Å². The third-order valence-corrected chi connectivity index (χ3v) is 3.51. The molecule has 1 N–H and O–H groups in total. The molecule has 0 aliphatic rings. The zero-order valence-electron chi connectivity index (χ0n) is 13.6. The van der Waals surface area contributed by atoms with E-state index in [4.69, 9.17) is 10.00 Å². The molecule has 0 radical (unpaired) electrons. The van der Waals surface area contributed by atoms with Crippen LogP contribution in [0.15, 0.2) is 48.5 Å². The Morgan fingerprint density at radius 1 is 1.21 bits per heavy atom. The highest BCUT2D eigenvalue weighted by Gasteiger charge is 2.19. The van der Waals surface area contributed by atoms with Gasteiger partial charge in [0.05, 0.1) is 17.2 Å². The van der Waals surface area contributed by atoms with Crippen molar-refractivity contribution in [1.82, 2.24) is 0 Å². The average Bonchev–Trinajstić information content (AvgIpc) is 2.62. The molecule has 5 nitrogen and oxygen atoms in total. The summed E-state index contributed by atoms with van der Waals surface area (Å²) in [6.07, 6.45) is -0.0293. The Bertz CT molecular complexity index is 776. The maximum absolute atomic E-state index is 12.1. The SMILES string of the molecule is CCc1ccc(NC(=O)[C@H](C)OC(=O)c2cccc(C#N)c2)cc1. The molecule has 0 heterocycles. The van der Waals surface area contributed by atoms with Gasteiger partial charge in [0.15, 0.2) is 6.10 Å². The molecule has 0 spiro atoms. The lowest BCUT2D eigenvalue weighted by Crippen LogP contribution is -2.30. The van der Waals surface area contributed by atoms with E-state index in [1.54, 1.807) is 12.1 Å². The Morgan fingerprint density at radius 3 is 2.54 bits per heavy atom. The summed E-state index contributed by atoms with van der Waals surface area (Å²) in [6.45, 7) is 3.55.